The number of nitrogens with zero attached hydrogens (tertiary/aromatic N) is 5. The Morgan fingerprint density at radius 1 is 1.08 bits per heavy atom. The number of alkyl halides is 2. The van der Waals surface area contributed by atoms with Crippen LogP contribution in [0.2, 0.25) is 5.02 Å². The third-order valence-electron chi connectivity index (χ3n) is 9.12. The van der Waals surface area contributed by atoms with Crippen LogP contribution in [0.4, 0.5) is 8.78 Å². The molecule has 7 rings (SSSR count). The number of thiazole rings is 1. The Bertz CT molecular complexity index is 2000. The average Bonchev–Trinajstić information content (AvgIpc) is 3.60. The lowest BCUT2D eigenvalue weighted by Gasteiger charge is -2.41. The van der Waals surface area contributed by atoms with Gasteiger partial charge in [-0.05, 0) is 94.8 Å². The molecule has 0 spiro atoms. The van der Waals surface area contributed by atoms with Crippen LogP contribution in [0, 0.1) is 6.92 Å². The predicted octanol–water partition coefficient (Wildman–Crippen LogP) is 8.95. The Kier molecular flexibility index (Phi) is 8.74. The van der Waals surface area contributed by atoms with E-state index < -0.39 is 24.2 Å². The van der Waals surface area contributed by atoms with Crippen LogP contribution in [-0.2, 0) is 14.3 Å². The highest BCUT2D eigenvalue weighted by Crippen LogP contribution is 2.45. The number of aliphatic carboxylic acids is 1. The largest absolute Gasteiger partial charge is 0.479 e. The topological polar surface area (TPSA) is 103 Å². The first kappa shape index (κ1) is 33.0. The Morgan fingerprint density at radius 2 is 1.79 bits per heavy atom. The van der Waals surface area contributed by atoms with E-state index in [4.69, 9.17) is 31.0 Å². The van der Waals surface area contributed by atoms with Gasteiger partial charge < -0.3 is 14.6 Å². The molecule has 2 fully saturated rings. The lowest BCUT2D eigenvalue weighted by Crippen LogP contribution is -2.48. The minimum atomic E-state index is -2.80. The zero-order chi connectivity index (χ0) is 33.9. The number of rotatable bonds is 8. The number of aromatic nitrogens is 4. The van der Waals surface area contributed by atoms with Gasteiger partial charge in [-0.15, -0.1) is 11.3 Å². The molecule has 9 nitrogen and oxygen atoms in total. The van der Waals surface area contributed by atoms with E-state index >= 15 is 0 Å². The predicted molar refractivity (Wildman–Crippen MR) is 181 cm³/mol. The van der Waals surface area contributed by atoms with Crippen molar-refractivity contribution in [3.05, 3.63) is 64.3 Å². The SMILES string of the molecule is Cc1cc2nc(-c3ccc4c(n3)c(C3CCC(N5COC5)CC3)nn4C(F)F)sc2c(-c2ccc(Cl)cc2)c1[C@H](OC(C)(C)C)C(=O)O. The van der Waals surface area contributed by atoms with Crippen molar-refractivity contribution in [2.75, 3.05) is 13.5 Å². The van der Waals surface area contributed by atoms with Crippen molar-refractivity contribution in [1.29, 1.82) is 0 Å². The smallest absolute Gasteiger partial charge is 0.337 e. The molecular formula is C35H36ClF2N5O4S. The molecule has 0 radical (unpaired) electrons. The minimum Gasteiger partial charge on any atom is -0.479 e. The number of carboxylic acid groups (broad SMARTS) is 1. The van der Waals surface area contributed by atoms with E-state index in [0.717, 1.165) is 40.6 Å². The fraction of sp³-hybridized carbons (Fsp3) is 0.429. The van der Waals surface area contributed by atoms with Crippen LogP contribution >= 0.6 is 22.9 Å². The van der Waals surface area contributed by atoms with Gasteiger partial charge in [-0.25, -0.2) is 19.4 Å². The van der Waals surface area contributed by atoms with Gasteiger partial charge in [0, 0.05) is 28.1 Å². The summed E-state index contributed by atoms with van der Waals surface area (Å²) in [6.45, 7) is 5.81. The summed E-state index contributed by atoms with van der Waals surface area (Å²) in [4.78, 5) is 24.9. The second-order valence-corrected chi connectivity index (χ2v) is 15.0. The van der Waals surface area contributed by atoms with E-state index in [2.05, 4.69) is 10.00 Å². The fourth-order valence-electron chi connectivity index (χ4n) is 6.86. The number of hydrogen-bond donors (Lipinski definition) is 1. The number of carboxylic acids is 1. The van der Waals surface area contributed by atoms with Crippen molar-refractivity contribution in [2.24, 2.45) is 0 Å². The zero-order valence-electron chi connectivity index (χ0n) is 27.0. The van der Waals surface area contributed by atoms with Gasteiger partial charge in [0.25, 0.3) is 0 Å². The van der Waals surface area contributed by atoms with Crippen LogP contribution in [0.1, 0.15) is 81.8 Å². The molecule has 5 aromatic rings. The molecule has 252 valence electrons. The highest BCUT2D eigenvalue weighted by Gasteiger charge is 2.34. The van der Waals surface area contributed by atoms with Crippen molar-refractivity contribution in [3.63, 3.8) is 0 Å². The number of hydrogen-bond acceptors (Lipinski definition) is 8. The molecule has 0 amide bonds. The quantitative estimate of drug-likeness (QED) is 0.172. The van der Waals surface area contributed by atoms with Crippen LogP contribution in [0.25, 0.3) is 43.1 Å². The normalized spacial score (nSPS) is 19.7. The second-order valence-electron chi connectivity index (χ2n) is 13.5. The summed E-state index contributed by atoms with van der Waals surface area (Å²) in [5.74, 6) is -1.09. The van der Waals surface area contributed by atoms with Gasteiger partial charge in [-0.3, -0.25) is 4.90 Å². The summed E-state index contributed by atoms with van der Waals surface area (Å²) in [5.41, 5.74) is 4.51. The fourth-order valence-corrected chi connectivity index (χ4v) is 8.08. The van der Waals surface area contributed by atoms with E-state index in [1.54, 1.807) is 24.3 Å². The standard InChI is InChI=1S/C35H36ClF2N5O4S/c1-18-15-24-31(27(19-5-9-21(36)10-6-19)26(18)30(33(44)45)47-35(2,3)4)48-32(40-24)23-13-14-25-29(39-23)28(41-43(25)34(37)38)20-7-11-22(12-8-20)42-16-46-17-42/h5-6,9-10,13-15,20,22,30,34H,7-8,11-12,16-17H2,1-4H3,(H,44,45)/t20?,22?,30-/m0/s1. The van der Waals surface area contributed by atoms with Crippen LogP contribution in [0.3, 0.4) is 0 Å². The molecule has 3 aromatic heterocycles. The highest BCUT2D eigenvalue weighted by atomic mass is 35.5. The maximum absolute atomic E-state index is 14.2. The van der Waals surface area contributed by atoms with Crippen molar-refractivity contribution in [1.82, 2.24) is 24.6 Å². The summed E-state index contributed by atoms with van der Waals surface area (Å²) in [7, 11) is 0. The van der Waals surface area contributed by atoms with Gasteiger partial charge in [-0.2, -0.15) is 13.9 Å². The zero-order valence-corrected chi connectivity index (χ0v) is 28.6. The van der Waals surface area contributed by atoms with Gasteiger partial charge >= 0.3 is 12.5 Å². The molecule has 4 heterocycles. The molecule has 1 saturated carbocycles. The van der Waals surface area contributed by atoms with Gasteiger partial charge in [-0.1, -0.05) is 23.7 Å². The number of halogens is 3. The lowest BCUT2D eigenvalue weighted by molar-refractivity contribution is -0.170. The molecular weight excluding hydrogens is 660 g/mol. The van der Waals surface area contributed by atoms with Crippen LogP contribution in [0.5, 0.6) is 0 Å². The second kappa shape index (κ2) is 12.7. The number of aryl methyl sites for hydroxylation is 1. The highest BCUT2D eigenvalue weighted by molar-refractivity contribution is 7.22. The van der Waals surface area contributed by atoms with Crippen LogP contribution in [0.15, 0.2) is 42.5 Å². The maximum Gasteiger partial charge on any atom is 0.337 e. The van der Waals surface area contributed by atoms with Crippen LogP contribution in [-0.4, -0.2) is 60.8 Å². The molecule has 1 saturated heterocycles. The summed E-state index contributed by atoms with van der Waals surface area (Å²) in [6.07, 6.45) is 2.31. The molecule has 1 atom stereocenters. The first-order valence-corrected chi connectivity index (χ1v) is 17.2. The van der Waals surface area contributed by atoms with E-state index in [9.17, 15) is 18.7 Å². The van der Waals surface area contributed by atoms with Crippen molar-refractivity contribution >= 4 is 50.2 Å². The molecule has 1 N–H and O–H groups in total. The van der Waals surface area contributed by atoms with Crippen molar-refractivity contribution in [2.45, 2.75) is 83.6 Å². The summed E-state index contributed by atoms with van der Waals surface area (Å²) < 4.78 is 41.3. The summed E-state index contributed by atoms with van der Waals surface area (Å²) >= 11 is 7.62. The lowest BCUT2D eigenvalue weighted by atomic mass is 9.83. The van der Waals surface area contributed by atoms with Crippen LogP contribution < -0.4 is 0 Å². The third-order valence-corrected chi connectivity index (χ3v) is 10.5. The van der Waals surface area contributed by atoms with Gasteiger partial charge in [0.05, 0.1) is 32.7 Å². The van der Waals surface area contributed by atoms with E-state index in [0.29, 0.717) is 68.6 Å². The number of pyridine rings is 1. The summed E-state index contributed by atoms with van der Waals surface area (Å²) in [5, 5.41) is 15.9. The number of benzene rings is 2. The van der Waals surface area contributed by atoms with E-state index in [-0.39, 0.29) is 11.4 Å². The van der Waals surface area contributed by atoms with Gasteiger partial charge in [0.2, 0.25) is 0 Å². The number of carbonyl (C=O) groups is 1. The molecule has 0 bridgehead atoms. The molecule has 48 heavy (non-hydrogen) atoms. The third kappa shape index (κ3) is 6.20. The first-order chi connectivity index (χ1) is 22.9. The van der Waals surface area contributed by atoms with Gasteiger partial charge in [0.15, 0.2) is 6.10 Å². The Hall–Kier alpha value is -3.55. The summed E-state index contributed by atoms with van der Waals surface area (Å²) in [6, 6.07) is 12.9. The monoisotopic (exact) mass is 695 g/mol. The molecule has 1 aliphatic heterocycles. The number of ether oxygens (including phenoxy) is 2. The Morgan fingerprint density at radius 3 is 2.40 bits per heavy atom. The maximum atomic E-state index is 14.2. The molecule has 2 aromatic carbocycles. The van der Waals surface area contributed by atoms with E-state index in [1.807, 2.05) is 45.9 Å². The number of fused-ring (bicyclic) bond motifs is 2. The molecule has 0 unspecified atom stereocenters. The molecule has 1 aliphatic carbocycles. The minimum absolute atomic E-state index is 0.0153. The molecule has 13 heteroatoms. The Balaban J connectivity index is 1.35. The Labute approximate surface area is 285 Å². The van der Waals surface area contributed by atoms with Crippen molar-refractivity contribution < 1.29 is 28.2 Å². The van der Waals surface area contributed by atoms with E-state index in [1.165, 1.54) is 11.3 Å². The van der Waals surface area contributed by atoms with Crippen molar-refractivity contribution in [3.8, 4) is 21.8 Å². The average molecular weight is 696 g/mol. The van der Waals surface area contributed by atoms with Gasteiger partial charge in [0.1, 0.15) is 24.0 Å². The first-order valence-electron chi connectivity index (χ1n) is 16.0. The molecule has 2 aliphatic rings.